The average molecular weight is 203 g/mol. The molecular weight excluding hydrogens is 190 g/mol. The van der Waals surface area contributed by atoms with Gasteiger partial charge in [0.15, 0.2) is 0 Å². The fourth-order valence-electron chi connectivity index (χ4n) is 2.00. The Morgan fingerprint density at radius 1 is 1.60 bits per heavy atom. The molecule has 4 nitrogen and oxygen atoms in total. The quantitative estimate of drug-likeness (QED) is 0.776. The maximum absolute atomic E-state index is 9.01. The van der Waals surface area contributed by atoms with E-state index < -0.39 is 0 Å². The van der Waals surface area contributed by atoms with Crippen LogP contribution in [0.15, 0.2) is 18.3 Å². The van der Waals surface area contributed by atoms with Crippen molar-refractivity contribution in [2.24, 2.45) is 5.92 Å². The average Bonchev–Trinajstić information content (AvgIpc) is 2.76. The van der Waals surface area contributed by atoms with Gasteiger partial charge in [-0.1, -0.05) is 6.07 Å². The first-order chi connectivity index (χ1) is 7.36. The van der Waals surface area contributed by atoms with Crippen molar-refractivity contribution in [3.05, 3.63) is 23.9 Å². The normalized spacial score (nSPS) is 24.8. The summed E-state index contributed by atoms with van der Waals surface area (Å²) < 4.78 is 5.20. The summed E-state index contributed by atoms with van der Waals surface area (Å²) in [4.78, 5) is 4.15. The monoisotopic (exact) mass is 203 g/mol. The molecule has 0 bridgehead atoms. The summed E-state index contributed by atoms with van der Waals surface area (Å²) in [5, 5.41) is 12.2. The molecule has 2 heterocycles. The Bertz CT molecular complexity index is 386. The molecule has 1 fully saturated rings. The number of pyridine rings is 1. The van der Waals surface area contributed by atoms with Crippen LogP contribution in [0.1, 0.15) is 11.5 Å². The Morgan fingerprint density at radius 3 is 3.20 bits per heavy atom. The fraction of sp³-hybridized carbons (Fsp3) is 0.455. The standard InChI is InChI=1S/C11H13N3O/c1-15-11-9(3-2-4-14-11)10-7-13-6-8(10)5-12/h2-4,8,10,13H,6-7H2,1H3. The zero-order valence-corrected chi connectivity index (χ0v) is 8.60. The smallest absolute Gasteiger partial charge is 0.216 e. The van der Waals surface area contributed by atoms with Crippen molar-refractivity contribution in [3.8, 4) is 11.9 Å². The second-order valence-corrected chi connectivity index (χ2v) is 3.60. The molecule has 78 valence electrons. The summed E-state index contributed by atoms with van der Waals surface area (Å²) in [5.41, 5.74) is 1.02. The molecule has 1 aromatic rings. The van der Waals surface area contributed by atoms with E-state index in [1.54, 1.807) is 13.3 Å². The molecule has 4 heteroatoms. The molecule has 1 saturated heterocycles. The van der Waals surface area contributed by atoms with Gasteiger partial charge >= 0.3 is 0 Å². The number of hydrogen-bond donors (Lipinski definition) is 1. The van der Waals surface area contributed by atoms with Crippen molar-refractivity contribution in [2.75, 3.05) is 20.2 Å². The molecule has 0 radical (unpaired) electrons. The highest BCUT2D eigenvalue weighted by Crippen LogP contribution is 2.32. The minimum atomic E-state index is 0.0168. The predicted molar refractivity (Wildman–Crippen MR) is 55.5 cm³/mol. The zero-order valence-electron chi connectivity index (χ0n) is 8.60. The Morgan fingerprint density at radius 2 is 2.47 bits per heavy atom. The summed E-state index contributed by atoms with van der Waals surface area (Å²) in [7, 11) is 1.61. The number of nitriles is 1. The van der Waals surface area contributed by atoms with Crippen molar-refractivity contribution in [3.63, 3.8) is 0 Å². The highest BCUT2D eigenvalue weighted by Gasteiger charge is 2.30. The summed E-state index contributed by atoms with van der Waals surface area (Å²) >= 11 is 0. The fourth-order valence-corrected chi connectivity index (χ4v) is 2.00. The molecule has 0 amide bonds. The molecule has 0 saturated carbocycles. The summed E-state index contributed by atoms with van der Waals surface area (Å²) in [6.45, 7) is 1.57. The number of nitrogens with one attached hydrogen (secondary N) is 1. The third kappa shape index (κ3) is 1.79. The third-order valence-electron chi connectivity index (χ3n) is 2.77. The Hall–Kier alpha value is -1.60. The molecule has 0 aliphatic carbocycles. The molecule has 2 unspecified atom stereocenters. The van der Waals surface area contributed by atoms with Gasteiger partial charge in [0.1, 0.15) is 0 Å². The Kier molecular flexibility index (Phi) is 2.84. The van der Waals surface area contributed by atoms with Crippen molar-refractivity contribution < 1.29 is 4.74 Å². The summed E-state index contributed by atoms with van der Waals surface area (Å²) in [6.07, 6.45) is 1.70. The molecule has 1 aliphatic rings. The summed E-state index contributed by atoms with van der Waals surface area (Å²) in [5.74, 6) is 0.841. The van der Waals surface area contributed by atoms with E-state index in [9.17, 15) is 0 Å². The number of aromatic nitrogens is 1. The lowest BCUT2D eigenvalue weighted by atomic mass is 9.90. The van der Waals surface area contributed by atoms with E-state index in [1.165, 1.54) is 0 Å². The number of nitrogens with zero attached hydrogens (tertiary/aromatic N) is 2. The van der Waals surface area contributed by atoms with Crippen LogP contribution in [0.3, 0.4) is 0 Å². The molecule has 0 spiro atoms. The third-order valence-corrected chi connectivity index (χ3v) is 2.77. The lowest BCUT2D eigenvalue weighted by Gasteiger charge is -2.14. The number of ether oxygens (including phenoxy) is 1. The van der Waals surface area contributed by atoms with Crippen LogP contribution < -0.4 is 10.1 Å². The van der Waals surface area contributed by atoms with Crippen LogP contribution in [0.4, 0.5) is 0 Å². The molecule has 15 heavy (non-hydrogen) atoms. The molecule has 1 aliphatic heterocycles. The molecule has 1 N–H and O–H groups in total. The van der Waals surface area contributed by atoms with Crippen molar-refractivity contribution in [1.29, 1.82) is 5.26 Å². The van der Waals surface area contributed by atoms with Gasteiger partial charge in [0, 0.05) is 30.8 Å². The van der Waals surface area contributed by atoms with E-state index in [4.69, 9.17) is 10.00 Å². The molecule has 2 atom stereocenters. The molecule has 2 rings (SSSR count). The largest absolute Gasteiger partial charge is 0.481 e. The van der Waals surface area contributed by atoms with Crippen LogP contribution in [-0.2, 0) is 0 Å². The second kappa shape index (κ2) is 4.28. The van der Waals surface area contributed by atoms with E-state index in [-0.39, 0.29) is 11.8 Å². The van der Waals surface area contributed by atoms with Gasteiger partial charge in [-0.05, 0) is 6.07 Å². The van der Waals surface area contributed by atoms with Gasteiger partial charge in [0.05, 0.1) is 19.1 Å². The van der Waals surface area contributed by atoms with E-state index >= 15 is 0 Å². The Balaban J connectivity index is 2.32. The molecule has 1 aromatic heterocycles. The highest BCUT2D eigenvalue weighted by molar-refractivity contribution is 5.32. The number of hydrogen-bond acceptors (Lipinski definition) is 4. The van der Waals surface area contributed by atoms with E-state index in [0.29, 0.717) is 5.88 Å². The summed E-state index contributed by atoms with van der Waals surface area (Å²) in [6, 6.07) is 6.18. The maximum atomic E-state index is 9.01. The lowest BCUT2D eigenvalue weighted by Crippen LogP contribution is -2.10. The Labute approximate surface area is 88.9 Å². The van der Waals surface area contributed by atoms with Gasteiger partial charge in [-0.15, -0.1) is 0 Å². The maximum Gasteiger partial charge on any atom is 0.216 e. The van der Waals surface area contributed by atoms with Crippen molar-refractivity contribution >= 4 is 0 Å². The van der Waals surface area contributed by atoms with Gasteiger partial charge in [-0.3, -0.25) is 0 Å². The van der Waals surface area contributed by atoms with Crippen molar-refractivity contribution in [2.45, 2.75) is 5.92 Å². The zero-order chi connectivity index (χ0) is 10.7. The second-order valence-electron chi connectivity index (χ2n) is 3.60. The number of rotatable bonds is 2. The minimum Gasteiger partial charge on any atom is -0.481 e. The van der Waals surface area contributed by atoms with Gasteiger partial charge in [0.25, 0.3) is 0 Å². The first kappa shape index (κ1) is 9.94. The molecular formula is C11H13N3O. The first-order valence-electron chi connectivity index (χ1n) is 4.96. The highest BCUT2D eigenvalue weighted by atomic mass is 16.5. The van der Waals surface area contributed by atoms with E-state index in [1.807, 2.05) is 12.1 Å². The van der Waals surface area contributed by atoms with Crippen LogP contribution >= 0.6 is 0 Å². The van der Waals surface area contributed by atoms with Gasteiger partial charge in [-0.25, -0.2) is 4.98 Å². The van der Waals surface area contributed by atoms with Crippen LogP contribution in [0.25, 0.3) is 0 Å². The SMILES string of the molecule is COc1ncccc1C1CNCC1C#N. The minimum absolute atomic E-state index is 0.0168. The topological polar surface area (TPSA) is 57.9 Å². The van der Waals surface area contributed by atoms with Gasteiger partial charge < -0.3 is 10.1 Å². The first-order valence-corrected chi connectivity index (χ1v) is 4.96. The number of methoxy groups -OCH3 is 1. The van der Waals surface area contributed by atoms with Crippen LogP contribution in [0.2, 0.25) is 0 Å². The van der Waals surface area contributed by atoms with Gasteiger partial charge in [0.2, 0.25) is 5.88 Å². The van der Waals surface area contributed by atoms with Crippen LogP contribution in [0.5, 0.6) is 5.88 Å². The van der Waals surface area contributed by atoms with Crippen LogP contribution in [-0.4, -0.2) is 25.2 Å². The predicted octanol–water partition coefficient (Wildman–Crippen LogP) is 0.917. The van der Waals surface area contributed by atoms with E-state index in [0.717, 1.165) is 18.7 Å². The van der Waals surface area contributed by atoms with Gasteiger partial charge in [-0.2, -0.15) is 5.26 Å². The van der Waals surface area contributed by atoms with E-state index in [2.05, 4.69) is 16.4 Å². The molecule has 0 aromatic carbocycles. The van der Waals surface area contributed by atoms with Crippen molar-refractivity contribution in [1.82, 2.24) is 10.3 Å². The lowest BCUT2D eigenvalue weighted by molar-refractivity contribution is 0.387. The van der Waals surface area contributed by atoms with Crippen LogP contribution in [0, 0.1) is 17.2 Å².